The molecule has 3 aromatic rings. The number of nitrogens with zero attached hydrogens (tertiary/aromatic N) is 2. The number of aromatic nitrogens is 1. The van der Waals surface area contributed by atoms with Gasteiger partial charge in [-0.15, -0.1) is 11.3 Å². The highest BCUT2D eigenvalue weighted by Gasteiger charge is 2.10. The average molecular weight is 324 g/mol. The zero-order valence-electron chi connectivity index (χ0n) is 8.37. The van der Waals surface area contributed by atoms with Gasteiger partial charge in [-0.2, -0.15) is 5.26 Å². The van der Waals surface area contributed by atoms with Crippen LogP contribution in [-0.2, 0) is 0 Å². The smallest absolute Gasteiger partial charge is 0.138 e. The minimum absolute atomic E-state index is 0.476. The second-order valence-corrected chi connectivity index (χ2v) is 6.33. The van der Waals surface area contributed by atoms with Gasteiger partial charge in [-0.05, 0) is 34.1 Å². The number of fused-ring (bicyclic) bond motifs is 3. The fraction of sp³-hybridized carbons (Fsp3) is 0. The molecule has 0 radical (unpaired) electrons. The van der Waals surface area contributed by atoms with E-state index in [1.165, 1.54) is 0 Å². The Morgan fingerprint density at radius 2 is 2.12 bits per heavy atom. The van der Waals surface area contributed by atoms with Gasteiger partial charge in [-0.3, -0.25) is 0 Å². The molecule has 0 aliphatic carbocycles. The fourth-order valence-corrected chi connectivity index (χ4v) is 3.70. The summed E-state index contributed by atoms with van der Waals surface area (Å²) < 4.78 is 2.12. The highest BCUT2D eigenvalue weighted by Crippen LogP contribution is 2.37. The molecule has 1 aromatic carbocycles. The van der Waals surface area contributed by atoms with Gasteiger partial charge in [0.05, 0.1) is 20.9 Å². The SMILES string of the molecule is N#Cc1ccc2c(c1)nc(Cl)c1cc(Br)sc12. The van der Waals surface area contributed by atoms with Gasteiger partial charge in [0.15, 0.2) is 0 Å². The molecule has 3 rings (SSSR count). The molecule has 2 nitrogen and oxygen atoms in total. The number of pyridine rings is 1. The van der Waals surface area contributed by atoms with Crippen LogP contribution >= 0.6 is 38.9 Å². The van der Waals surface area contributed by atoms with Crippen LogP contribution in [0.25, 0.3) is 21.0 Å². The Hall–Kier alpha value is -1.15. The Morgan fingerprint density at radius 3 is 2.88 bits per heavy atom. The fourth-order valence-electron chi connectivity index (χ4n) is 1.77. The van der Waals surface area contributed by atoms with Gasteiger partial charge in [0.1, 0.15) is 5.15 Å². The van der Waals surface area contributed by atoms with Crippen molar-refractivity contribution < 1.29 is 0 Å². The molecule has 2 aromatic heterocycles. The monoisotopic (exact) mass is 322 g/mol. The molecule has 0 unspecified atom stereocenters. The minimum Gasteiger partial charge on any atom is -0.235 e. The molecule has 0 saturated heterocycles. The maximum absolute atomic E-state index is 8.87. The average Bonchev–Trinajstić information content (AvgIpc) is 2.71. The first-order valence-electron chi connectivity index (χ1n) is 4.77. The third-order valence-corrected chi connectivity index (χ3v) is 4.47. The van der Waals surface area contributed by atoms with Gasteiger partial charge in [-0.1, -0.05) is 17.7 Å². The highest BCUT2D eigenvalue weighted by molar-refractivity contribution is 9.11. The van der Waals surface area contributed by atoms with Gasteiger partial charge >= 0.3 is 0 Å². The number of hydrogen-bond donors (Lipinski definition) is 0. The first-order chi connectivity index (χ1) is 8.19. The third kappa shape index (κ3) is 1.71. The molecule has 0 fully saturated rings. The molecule has 0 spiro atoms. The van der Waals surface area contributed by atoms with Crippen molar-refractivity contribution >= 4 is 59.9 Å². The van der Waals surface area contributed by atoms with E-state index in [2.05, 4.69) is 27.0 Å². The van der Waals surface area contributed by atoms with Gasteiger partial charge in [0, 0.05) is 15.5 Å². The Kier molecular flexibility index (Phi) is 2.55. The Bertz CT molecular complexity index is 788. The van der Waals surface area contributed by atoms with Crippen molar-refractivity contribution in [1.29, 1.82) is 5.26 Å². The van der Waals surface area contributed by atoms with Gasteiger partial charge in [0.25, 0.3) is 0 Å². The van der Waals surface area contributed by atoms with Crippen LogP contribution in [-0.4, -0.2) is 4.98 Å². The number of nitriles is 1. The summed E-state index contributed by atoms with van der Waals surface area (Å²) in [7, 11) is 0. The molecule has 5 heteroatoms. The van der Waals surface area contributed by atoms with E-state index in [-0.39, 0.29) is 0 Å². The largest absolute Gasteiger partial charge is 0.235 e. The lowest BCUT2D eigenvalue weighted by atomic mass is 10.1. The summed E-state index contributed by atoms with van der Waals surface area (Å²) in [5, 5.41) is 11.3. The zero-order chi connectivity index (χ0) is 12.0. The van der Waals surface area contributed by atoms with Crippen molar-refractivity contribution in [2.75, 3.05) is 0 Å². The molecule has 17 heavy (non-hydrogen) atoms. The lowest BCUT2D eigenvalue weighted by molar-refractivity contribution is 1.43. The first-order valence-corrected chi connectivity index (χ1v) is 6.76. The maximum Gasteiger partial charge on any atom is 0.138 e. The summed E-state index contributed by atoms with van der Waals surface area (Å²) in [5.74, 6) is 0. The van der Waals surface area contributed by atoms with E-state index in [1.807, 2.05) is 12.1 Å². The van der Waals surface area contributed by atoms with E-state index in [4.69, 9.17) is 16.9 Å². The second-order valence-electron chi connectivity index (χ2n) is 3.54. The van der Waals surface area contributed by atoms with Crippen molar-refractivity contribution in [1.82, 2.24) is 4.98 Å². The predicted molar refractivity (Wildman–Crippen MR) is 74.6 cm³/mol. The summed E-state index contributed by atoms with van der Waals surface area (Å²) in [6.07, 6.45) is 0. The summed E-state index contributed by atoms with van der Waals surface area (Å²) in [4.78, 5) is 4.33. The van der Waals surface area contributed by atoms with Crippen molar-refractivity contribution in [3.63, 3.8) is 0 Å². The normalized spacial score (nSPS) is 10.9. The number of rotatable bonds is 0. The molecule has 0 N–H and O–H groups in total. The zero-order valence-corrected chi connectivity index (χ0v) is 11.5. The molecule has 0 bridgehead atoms. The maximum atomic E-state index is 8.87. The Labute approximate surface area is 115 Å². The molecular formula is C12H4BrClN2S. The van der Waals surface area contributed by atoms with Crippen LogP contribution in [0.15, 0.2) is 28.1 Å². The Balaban J connectivity index is 2.52. The van der Waals surface area contributed by atoms with Crippen LogP contribution in [0.2, 0.25) is 5.15 Å². The van der Waals surface area contributed by atoms with Crippen LogP contribution in [0.4, 0.5) is 0 Å². The van der Waals surface area contributed by atoms with E-state index in [9.17, 15) is 0 Å². The predicted octanol–water partition coefficient (Wildman–Crippen LogP) is 4.74. The summed E-state index contributed by atoms with van der Waals surface area (Å²) in [6.45, 7) is 0. The van der Waals surface area contributed by atoms with Crippen molar-refractivity contribution in [3.8, 4) is 6.07 Å². The van der Waals surface area contributed by atoms with Gasteiger partial charge in [0.2, 0.25) is 0 Å². The summed E-state index contributed by atoms with van der Waals surface area (Å²) >= 11 is 11.2. The molecule has 82 valence electrons. The Morgan fingerprint density at radius 1 is 1.29 bits per heavy atom. The lowest BCUT2D eigenvalue weighted by Crippen LogP contribution is -1.83. The van der Waals surface area contributed by atoms with Crippen LogP contribution in [0.1, 0.15) is 5.56 Å². The van der Waals surface area contributed by atoms with Crippen molar-refractivity contribution in [2.45, 2.75) is 0 Å². The van der Waals surface area contributed by atoms with E-state index < -0.39 is 0 Å². The van der Waals surface area contributed by atoms with Gasteiger partial charge < -0.3 is 0 Å². The highest BCUT2D eigenvalue weighted by atomic mass is 79.9. The van der Waals surface area contributed by atoms with E-state index in [0.29, 0.717) is 10.7 Å². The summed E-state index contributed by atoms with van der Waals surface area (Å²) in [5.41, 5.74) is 1.35. The molecule has 0 saturated carbocycles. The molecule has 0 aliphatic rings. The molecule has 0 amide bonds. The number of halogens is 2. The van der Waals surface area contributed by atoms with Crippen LogP contribution < -0.4 is 0 Å². The van der Waals surface area contributed by atoms with Crippen LogP contribution in [0.5, 0.6) is 0 Å². The first kappa shape index (κ1) is 11.0. The number of thiophene rings is 1. The van der Waals surface area contributed by atoms with E-state index in [1.54, 1.807) is 23.5 Å². The van der Waals surface area contributed by atoms with Crippen molar-refractivity contribution in [2.24, 2.45) is 0 Å². The quantitative estimate of drug-likeness (QED) is 0.560. The lowest BCUT2D eigenvalue weighted by Gasteiger charge is -2.01. The second kappa shape index (κ2) is 3.95. The van der Waals surface area contributed by atoms with E-state index in [0.717, 1.165) is 24.8 Å². The number of hydrogen-bond acceptors (Lipinski definition) is 3. The topological polar surface area (TPSA) is 36.7 Å². The van der Waals surface area contributed by atoms with Crippen molar-refractivity contribution in [3.05, 3.63) is 38.8 Å². The van der Waals surface area contributed by atoms with Crippen LogP contribution in [0, 0.1) is 11.3 Å². The minimum atomic E-state index is 0.476. The standard InChI is InChI=1S/C12H4BrClN2S/c13-10-4-8-11(17-10)7-2-1-6(5-15)3-9(7)16-12(8)14/h1-4H. The molecular weight excluding hydrogens is 320 g/mol. The molecule has 2 heterocycles. The summed E-state index contributed by atoms with van der Waals surface area (Å²) in [6, 6.07) is 9.54. The third-order valence-electron chi connectivity index (χ3n) is 2.51. The molecule has 0 atom stereocenters. The van der Waals surface area contributed by atoms with Crippen LogP contribution in [0.3, 0.4) is 0 Å². The molecule has 0 aliphatic heterocycles. The number of benzene rings is 1. The van der Waals surface area contributed by atoms with Gasteiger partial charge in [-0.25, -0.2) is 4.98 Å². The van der Waals surface area contributed by atoms with E-state index >= 15 is 0 Å².